The van der Waals surface area contributed by atoms with Crippen molar-refractivity contribution in [3.8, 4) is 6.07 Å². The molecule has 1 aromatic rings. The summed E-state index contributed by atoms with van der Waals surface area (Å²) in [7, 11) is 0. The second kappa shape index (κ2) is 7.54. The van der Waals surface area contributed by atoms with Gasteiger partial charge in [0, 0.05) is 30.9 Å². The van der Waals surface area contributed by atoms with E-state index in [9.17, 15) is 10.1 Å². The molecule has 0 unspecified atom stereocenters. The predicted molar refractivity (Wildman–Crippen MR) is 94.9 cm³/mol. The van der Waals surface area contributed by atoms with Crippen LogP contribution in [0.1, 0.15) is 42.5 Å². The first-order chi connectivity index (χ1) is 11.6. The molecule has 1 N–H and O–H groups in total. The third kappa shape index (κ3) is 4.28. The van der Waals surface area contributed by atoms with Gasteiger partial charge in [0.25, 0.3) is 0 Å². The Morgan fingerprint density at radius 3 is 2.71 bits per heavy atom. The smallest absolute Gasteiger partial charge is 0.230 e. The summed E-state index contributed by atoms with van der Waals surface area (Å²) in [5.41, 5.74) is 2.37. The van der Waals surface area contributed by atoms with E-state index in [4.69, 9.17) is 0 Å². The maximum atomic E-state index is 12.2. The van der Waals surface area contributed by atoms with Crippen molar-refractivity contribution in [2.45, 2.75) is 56.6 Å². The van der Waals surface area contributed by atoms with Crippen LogP contribution in [0, 0.1) is 25.2 Å². The molecule has 1 saturated carbocycles. The Labute approximate surface area is 147 Å². The Morgan fingerprint density at radius 1 is 1.38 bits per heavy atom. The molecule has 2 heterocycles. The van der Waals surface area contributed by atoms with Gasteiger partial charge in [-0.25, -0.2) is 4.98 Å². The number of amides is 1. The van der Waals surface area contributed by atoms with E-state index in [2.05, 4.69) is 21.3 Å². The monoisotopic (exact) mass is 344 g/mol. The number of hydrogen-bond acceptors (Lipinski definition) is 5. The molecule has 1 aromatic heterocycles. The van der Waals surface area contributed by atoms with Gasteiger partial charge in [0.05, 0.1) is 11.3 Å². The molecule has 1 aliphatic carbocycles. The van der Waals surface area contributed by atoms with Crippen LogP contribution in [0.2, 0.25) is 0 Å². The van der Waals surface area contributed by atoms with E-state index in [0.717, 1.165) is 43.2 Å². The molecule has 2 aliphatic rings. The Bertz CT molecular complexity index is 658. The molecule has 2 fully saturated rings. The van der Waals surface area contributed by atoms with Crippen molar-refractivity contribution in [1.29, 1.82) is 5.26 Å². The molecule has 1 saturated heterocycles. The van der Waals surface area contributed by atoms with Gasteiger partial charge in [0.2, 0.25) is 5.91 Å². The minimum Gasteiger partial charge on any atom is -0.353 e. The van der Waals surface area contributed by atoms with Crippen LogP contribution < -0.4 is 5.32 Å². The third-order valence-electron chi connectivity index (χ3n) is 4.72. The second-order valence-electron chi connectivity index (χ2n) is 6.77. The zero-order chi connectivity index (χ0) is 17.1. The average Bonchev–Trinajstić information content (AvgIpc) is 3.38. The molecule has 5 nitrogen and oxygen atoms in total. The van der Waals surface area contributed by atoms with Crippen molar-refractivity contribution < 1.29 is 4.79 Å². The number of piperidine rings is 1. The van der Waals surface area contributed by atoms with Crippen molar-refractivity contribution in [2.24, 2.45) is 0 Å². The maximum Gasteiger partial charge on any atom is 0.230 e. The maximum absolute atomic E-state index is 12.2. The summed E-state index contributed by atoms with van der Waals surface area (Å²) in [6.07, 6.45) is 4.77. The second-order valence-corrected chi connectivity index (χ2v) is 7.73. The van der Waals surface area contributed by atoms with E-state index >= 15 is 0 Å². The summed E-state index contributed by atoms with van der Waals surface area (Å²) in [4.78, 5) is 19.2. The highest BCUT2D eigenvalue weighted by Crippen LogP contribution is 2.29. The number of pyridine rings is 1. The van der Waals surface area contributed by atoms with Crippen LogP contribution in [-0.4, -0.2) is 46.7 Å². The van der Waals surface area contributed by atoms with Crippen molar-refractivity contribution in [2.75, 3.05) is 18.8 Å². The Morgan fingerprint density at radius 2 is 2.08 bits per heavy atom. The van der Waals surface area contributed by atoms with Gasteiger partial charge < -0.3 is 10.2 Å². The lowest BCUT2D eigenvalue weighted by Crippen LogP contribution is -2.45. The van der Waals surface area contributed by atoms with Crippen LogP contribution in [0.15, 0.2) is 11.1 Å². The van der Waals surface area contributed by atoms with Gasteiger partial charge in [-0.3, -0.25) is 4.79 Å². The summed E-state index contributed by atoms with van der Waals surface area (Å²) in [6.45, 7) is 6.01. The van der Waals surface area contributed by atoms with Crippen LogP contribution in [0.5, 0.6) is 0 Å². The van der Waals surface area contributed by atoms with Gasteiger partial charge in [0.15, 0.2) is 0 Å². The van der Waals surface area contributed by atoms with Crippen molar-refractivity contribution in [3.05, 3.63) is 22.9 Å². The van der Waals surface area contributed by atoms with E-state index in [1.54, 1.807) is 0 Å². The standard InChI is InChI=1S/C18H24N4OS/c1-12-9-13(2)20-18(16(12)10-19)24-11-17(23)21-14-5-7-22(8-6-14)15-3-4-15/h9,14-15H,3-8,11H2,1-2H3,(H,21,23). The van der Waals surface area contributed by atoms with Crippen LogP contribution in [0.3, 0.4) is 0 Å². The van der Waals surface area contributed by atoms with E-state index in [-0.39, 0.29) is 11.9 Å². The molecule has 3 rings (SSSR count). The highest BCUT2D eigenvalue weighted by molar-refractivity contribution is 8.00. The summed E-state index contributed by atoms with van der Waals surface area (Å²) in [5, 5.41) is 13.1. The average molecular weight is 344 g/mol. The fourth-order valence-corrected chi connectivity index (χ4v) is 4.21. The zero-order valence-corrected chi connectivity index (χ0v) is 15.2. The van der Waals surface area contributed by atoms with Gasteiger partial charge in [0.1, 0.15) is 11.1 Å². The number of nitrogens with one attached hydrogen (secondary N) is 1. The molecule has 0 aromatic carbocycles. The molecule has 6 heteroatoms. The van der Waals surface area contributed by atoms with E-state index in [1.165, 1.54) is 24.6 Å². The molecule has 24 heavy (non-hydrogen) atoms. The number of carbonyl (C=O) groups excluding carboxylic acids is 1. The number of nitriles is 1. The number of aryl methyl sites for hydroxylation is 2. The normalized spacial score (nSPS) is 19.0. The molecular formula is C18H24N4OS. The lowest BCUT2D eigenvalue weighted by Gasteiger charge is -2.32. The van der Waals surface area contributed by atoms with Crippen molar-refractivity contribution in [1.82, 2.24) is 15.2 Å². The molecule has 1 aliphatic heterocycles. The lowest BCUT2D eigenvalue weighted by atomic mass is 10.1. The van der Waals surface area contributed by atoms with Gasteiger partial charge in [-0.05, 0) is 51.2 Å². The molecular weight excluding hydrogens is 320 g/mol. The fourth-order valence-electron chi connectivity index (χ4n) is 3.29. The predicted octanol–water partition coefficient (Wildman–Crippen LogP) is 2.41. The number of nitrogens with zero attached hydrogens (tertiary/aromatic N) is 3. The van der Waals surface area contributed by atoms with Crippen LogP contribution in [-0.2, 0) is 4.79 Å². The molecule has 0 bridgehead atoms. The van der Waals surface area contributed by atoms with Gasteiger partial charge >= 0.3 is 0 Å². The molecule has 1 amide bonds. The Balaban J connectivity index is 1.48. The minimum absolute atomic E-state index is 0.0368. The molecule has 128 valence electrons. The number of thioether (sulfide) groups is 1. The van der Waals surface area contributed by atoms with Crippen LogP contribution >= 0.6 is 11.8 Å². The number of rotatable bonds is 5. The minimum atomic E-state index is 0.0368. The summed E-state index contributed by atoms with van der Waals surface area (Å²) in [5.74, 6) is 0.350. The summed E-state index contributed by atoms with van der Waals surface area (Å²) >= 11 is 1.36. The first kappa shape index (κ1) is 17.2. The molecule has 0 radical (unpaired) electrons. The fraction of sp³-hybridized carbons (Fsp3) is 0.611. The van der Waals surface area contributed by atoms with E-state index < -0.39 is 0 Å². The summed E-state index contributed by atoms with van der Waals surface area (Å²) in [6, 6.07) is 5.20. The highest BCUT2D eigenvalue weighted by atomic mass is 32.2. The Hall–Kier alpha value is -1.58. The number of likely N-dealkylation sites (tertiary alicyclic amines) is 1. The van der Waals surface area contributed by atoms with Gasteiger partial charge in [-0.15, -0.1) is 0 Å². The molecule has 0 spiro atoms. The third-order valence-corrected chi connectivity index (χ3v) is 5.70. The topological polar surface area (TPSA) is 69.0 Å². The van der Waals surface area contributed by atoms with E-state index in [1.807, 2.05) is 19.9 Å². The lowest BCUT2D eigenvalue weighted by molar-refractivity contribution is -0.119. The first-order valence-corrected chi connectivity index (χ1v) is 9.60. The quantitative estimate of drug-likeness (QED) is 0.831. The highest BCUT2D eigenvalue weighted by Gasteiger charge is 2.32. The zero-order valence-electron chi connectivity index (χ0n) is 14.3. The van der Waals surface area contributed by atoms with E-state index in [0.29, 0.717) is 16.3 Å². The Kier molecular flexibility index (Phi) is 5.42. The van der Waals surface area contributed by atoms with Crippen molar-refractivity contribution >= 4 is 17.7 Å². The van der Waals surface area contributed by atoms with Gasteiger partial charge in [-0.2, -0.15) is 5.26 Å². The first-order valence-electron chi connectivity index (χ1n) is 8.61. The van der Waals surface area contributed by atoms with Crippen LogP contribution in [0.4, 0.5) is 0 Å². The number of hydrogen-bond donors (Lipinski definition) is 1. The number of carbonyl (C=O) groups is 1. The summed E-state index contributed by atoms with van der Waals surface area (Å²) < 4.78 is 0. The SMILES string of the molecule is Cc1cc(C)c(C#N)c(SCC(=O)NC2CCN(C3CC3)CC2)n1. The van der Waals surface area contributed by atoms with Gasteiger partial charge in [-0.1, -0.05) is 11.8 Å². The molecule has 0 atom stereocenters. The number of aromatic nitrogens is 1. The van der Waals surface area contributed by atoms with Crippen molar-refractivity contribution in [3.63, 3.8) is 0 Å². The van der Waals surface area contributed by atoms with Crippen LogP contribution in [0.25, 0.3) is 0 Å². The largest absolute Gasteiger partial charge is 0.353 e.